The van der Waals surface area contributed by atoms with E-state index in [1.807, 2.05) is 37.3 Å². The van der Waals surface area contributed by atoms with E-state index in [1.165, 1.54) is 6.33 Å². The molecule has 0 spiro atoms. The van der Waals surface area contributed by atoms with Crippen molar-refractivity contribution >= 4 is 5.91 Å². The lowest BCUT2D eigenvalue weighted by atomic mass is 10.0. The Kier molecular flexibility index (Phi) is 3.85. The second-order valence-corrected chi connectivity index (χ2v) is 6.31. The number of carbonyl (C=O) groups excluding carboxylic acids is 1. The topological polar surface area (TPSA) is 101 Å². The third-order valence-corrected chi connectivity index (χ3v) is 4.61. The fourth-order valence-corrected chi connectivity index (χ4v) is 3.33. The molecule has 3 N–H and O–H groups in total. The maximum absolute atomic E-state index is 13.1. The van der Waals surface area contributed by atoms with Crippen molar-refractivity contribution in [3.8, 4) is 11.4 Å². The van der Waals surface area contributed by atoms with Gasteiger partial charge in [-0.3, -0.25) is 9.89 Å². The average Bonchev–Trinajstić information content (AvgIpc) is 3.35. The van der Waals surface area contributed by atoms with Gasteiger partial charge in [0.05, 0.1) is 11.5 Å². The van der Waals surface area contributed by atoms with Crippen LogP contribution in [0, 0.1) is 6.92 Å². The number of rotatable bonds is 3. The van der Waals surface area contributed by atoms with Crippen molar-refractivity contribution in [2.24, 2.45) is 5.73 Å². The van der Waals surface area contributed by atoms with Gasteiger partial charge < -0.3 is 15.1 Å². The lowest BCUT2D eigenvalue weighted by Crippen LogP contribution is -2.32. The first-order valence-electron chi connectivity index (χ1n) is 8.19. The van der Waals surface area contributed by atoms with Gasteiger partial charge in [-0.1, -0.05) is 18.2 Å². The van der Waals surface area contributed by atoms with E-state index in [2.05, 4.69) is 15.2 Å². The number of aromatic amines is 1. The van der Waals surface area contributed by atoms with E-state index >= 15 is 0 Å². The molecular formula is C18H19N5O2. The number of furan rings is 1. The minimum Gasteiger partial charge on any atom is -0.466 e. The summed E-state index contributed by atoms with van der Waals surface area (Å²) in [6.45, 7) is 2.94. The van der Waals surface area contributed by atoms with Crippen LogP contribution in [0.1, 0.15) is 27.8 Å². The highest BCUT2D eigenvalue weighted by molar-refractivity contribution is 6.00. The average molecular weight is 337 g/mol. The Morgan fingerprint density at radius 2 is 2.12 bits per heavy atom. The number of amides is 1. The molecule has 2 aromatic heterocycles. The zero-order chi connectivity index (χ0) is 17.4. The summed E-state index contributed by atoms with van der Waals surface area (Å²) in [6, 6.07) is 11.1. The van der Waals surface area contributed by atoms with Crippen molar-refractivity contribution in [3.63, 3.8) is 0 Å². The van der Waals surface area contributed by atoms with E-state index in [0.29, 0.717) is 24.5 Å². The van der Waals surface area contributed by atoms with Gasteiger partial charge in [-0.15, -0.1) is 0 Å². The summed E-state index contributed by atoms with van der Waals surface area (Å²) in [6.07, 6.45) is 1.43. The van der Waals surface area contributed by atoms with Crippen LogP contribution in [0.4, 0.5) is 0 Å². The van der Waals surface area contributed by atoms with Crippen LogP contribution < -0.4 is 5.73 Å². The van der Waals surface area contributed by atoms with Crippen molar-refractivity contribution in [2.75, 3.05) is 13.1 Å². The molecule has 1 aromatic carbocycles. The summed E-state index contributed by atoms with van der Waals surface area (Å²) in [5.41, 5.74) is 7.59. The second kappa shape index (κ2) is 6.18. The van der Waals surface area contributed by atoms with E-state index in [1.54, 1.807) is 11.0 Å². The van der Waals surface area contributed by atoms with Crippen molar-refractivity contribution in [1.82, 2.24) is 20.1 Å². The summed E-state index contributed by atoms with van der Waals surface area (Å²) in [4.78, 5) is 19.0. The Balaban J connectivity index is 1.60. The SMILES string of the molecule is Cc1ccc([C@H]2CN(C(=O)c3ccccc3-c3ncn[nH]3)C[C@@H]2N)o1. The van der Waals surface area contributed by atoms with E-state index in [4.69, 9.17) is 10.2 Å². The first-order chi connectivity index (χ1) is 12.1. The van der Waals surface area contributed by atoms with Gasteiger partial charge in [0.1, 0.15) is 17.8 Å². The molecule has 0 radical (unpaired) electrons. The second-order valence-electron chi connectivity index (χ2n) is 6.31. The molecule has 7 heteroatoms. The first-order valence-corrected chi connectivity index (χ1v) is 8.19. The lowest BCUT2D eigenvalue weighted by Gasteiger charge is -2.17. The van der Waals surface area contributed by atoms with Gasteiger partial charge >= 0.3 is 0 Å². The lowest BCUT2D eigenvalue weighted by molar-refractivity contribution is 0.0789. The third-order valence-electron chi connectivity index (χ3n) is 4.61. The molecule has 3 aromatic rings. The molecule has 1 fully saturated rings. The molecule has 0 unspecified atom stereocenters. The summed E-state index contributed by atoms with van der Waals surface area (Å²) >= 11 is 0. The summed E-state index contributed by atoms with van der Waals surface area (Å²) in [5.74, 6) is 2.21. The van der Waals surface area contributed by atoms with Crippen molar-refractivity contribution in [3.05, 3.63) is 59.8 Å². The minimum absolute atomic E-state index is 0.00934. The van der Waals surface area contributed by atoms with Gasteiger partial charge in [0.25, 0.3) is 5.91 Å². The number of nitrogens with one attached hydrogen (secondary N) is 1. The van der Waals surface area contributed by atoms with Crippen LogP contribution in [-0.4, -0.2) is 45.1 Å². The monoisotopic (exact) mass is 337 g/mol. The number of nitrogens with zero attached hydrogens (tertiary/aromatic N) is 3. The number of H-pyrrole nitrogens is 1. The molecular weight excluding hydrogens is 318 g/mol. The quantitative estimate of drug-likeness (QED) is 0.760. The van der Waals surface area contributed by atoms with Crippen LogP contribution in [0.2, 0.25) is 0 Å². The molecule has 7 nitrogen and oxygen atoms in total. The maximum Gasteiger partial charge on any atom is 0.254 e. The maximum atomic E-state index is 13.1. The van der Waals surface area contributed by atoms with Gasteiger partial charge in [0.15, 0.2) is 5.82 Å². The number of nitrogens with two attached hydrogens (primary N) is 1. The van der Waals surface area contributed by atoms with Crippen LogP contribution in [0.25, 0.3) is 11.4 Å². The normalized spacial score (nSPS) is 20.2. The largest absolute Gasteiger partial charge is 0.466 e. The molecule has 2 atom stereocenters. The van der Waals surface area contributed by atoms with Crippen LogP contribution in [0.3, 0.4) is 0 Å². The molecule has 1 aliphatic heterocycles. The van der Waals surface area contributed by atoms with Crippen LogP contribution in [0.5, 0.6) is 0 Å². The number of benzene rings is 1. The summed E-state index contributed by atoms with van der Waals surface area (Å²) in [7, 11) is 0. The zero-order valence-corrected chi connectivity index (χ0v) is 13.8. The summed E-state index contributed by atoms with van der Waals surface area (Å²) in [5, 5.41) is 6.68. The van der Waals surface area contributed by atoms with E-state index in [9.17, 15) is 4.79 Å². The van der Waals surface area contributed by atoms with E-state index in [-0.39, 0.29) is 17.9 Å². The molecule has 3 heterocycles. The number of likely N-dealkylation sites (tertiary alicyclic amines) is 1. The van der Waals surface area contributed by atoms with Gasteiger partial charge in [0.2, 0.25) is 0 Å². The molecule has 1 aliphatic rings. The summed E-state index contributed by atoms with van der Waals surface area (Å²) < 4.78 is 5.71. The molecule has 0 bridgehead atoms. The smallest absolute Gasteiger partial charge is 0.254 e. The van der Waals surface area contributed by atoms with Crippen LogP contribution >= 0.6 is 0 Å². The van der Waals surface area contributed by atoms with Gasteiger partial charge in [-0.05, 0) is 25.1 Å². The fourth-order valence-electron chi connectivity index (χ4n) is 3.33. The predicted octanol–water partition coefficient (Wildman–Crippen LogP) is 1.94. The number of carbonyl (C=O) groups is 1. The third kappa shape index (κ3) is 2.83. The molecule has 128 valence electrons. The molecule has 0 saturated carbocycles. The zero-order valence-electron chi connectivity index (χ0n) is 13.8. The number of hydrogen-bond acceptors (Lipinski definition) is 5. The van der Waals surface area contributed by atoms with Gasteiger partial charge in [0, 0.05) is 24.7 Å². The Labute approximate surface area is 144 Å². The Hall–Kier alpha value is -2.93. The number of aryl methyl sites for hydroxylation is 1. The number of hydrogen-bond donors (Lipinski definition) is 2. The van der Waals surface area contributed by atoms with Crippen molar-refractivity contribution in [1.29, 1.82) is 0 Å². The Bertz CT molecular complexity index is 887. The fraction of sp³-hybridized carbons (Fsp3) is 0.278. The number of aromatic nitrogens is 3. The Morgan fingerprint density at radius 1 is 1.28 bits per heavy atom. The highest BCUT2D eigenvalue weighted by Crippen LogP contribution is 2.30. The van der Waals surface area contributed by atoms with Gasteiger partial charge in [-0.2, -0.15) is 5.10 Å². The van der Waals surface area contributed by atoms with Crippen molar-refractivity contribution < 1.29 is 9.21 Å². The molecule has 25 heavy (non-hydrogen) atoms. The Morgan fingerprint density at radius 3 is 2.84 bits per heavy atom. The standard InChI is InChI=1S/C18H19N5O2/c1-11-6-7-16(25-11)14-8-23(9-15(14)19)18(24)13-5-3-2-4-12(13)17-20-10-21-22-17/h2-7,10,14-15H,8-9,19H2,1H3,(H,20,21,22)/t14-,15-/m0/s1. The highest BCUT2D eigenvalue weighted by atomic mass is 16.3. The first kappa shape index (κ1) is 15.6. The van der Waals surface area contributed by atoms with Gasteiger partial charge in [-0.25, -0.2) is 4.98 Å². The minimum atomic E-state index is -0.146. The van der Waals surface area contributed by atoms with E-state index in [0.717, 1.165) is 17.1 Å². The highest BCUT2D eigenvalue weighted by Gasteiger charge is 2.36. The molecule has 1 saturated heterocycles. The predicted molar refractivity (Wildman–Crippen MR) is 91.9 cm³/mol. The molecule has 0 aliphatic carbocycles. The van der Waals surface area contributed by atoms with Crippen LogP contribution in [-0.2, 0) is 0 Å². The van der Waals surface area contributed by atoms with E-state index < -0.39 is 0 Å². The van der Waals surface area contributed by atoms with Crippen molar-refractivity contribution in [2.45, 2.75) is 18.9 Å². The van der Waals surface area contributed by atoms with Crippen LogP contribution in [0.15, 0.2) is 47.1 Å². The molecule has 4 rings (SSSR count). The molecule has 1 amide bonds.